The predicted octanol–water partition coefficient (Wildman–Crippen LogP) is 2.62. The van der Waals surface area contributed by atoms with Crippen LogP contribution >= 0.6 is 22.6 Å². The Bertz CT molecular complexity index is 172. The van der Waals surface area contributed by atoms with Gasteiger partial charge in [0.15, 0.2) is 0 Å². The average molecular weight is 246 g/mol. The molecular formula is C9H11I. The molecule has 0 bridgehead atoms. The van der Waals surface area contributed by atoms with Crippen LogP contribution in [0.5, 0.6) is 0 Å². The summed E-state index contributed by atoms with van der Waals surface area (Å²) in [6.45, 7) is 2.05. The van der Waals surface area contributed by atoms with E-state index in [-0.39, 0.29) is 0 Å². The molecule has 0 aromatic carbocycles. The van der Waals surface area contributed by atoms with Crippen LogP contribution in [-0.4, -0.2) is 4.43 Å². The van der Waals surface area contributed by atoms with Gasteiger partial charge in [-0.05, 0) is 0 Å². The molecule has 54 valence electrons. The van der Waals surface area contributed by atoms with E-state index >= 15 is 0 Å². The van der Waals surface area contributed by atoms with Crippen LogP contribution in [-0.2, 0) is 0 Å². The van der Waals surface area contributed by atoms with E-state index in [1.807, 2.05) is 6.92 Å². The molecule has 0 unspecified atom stereocenters. The zero-order valence-electron chi connectivity index (χ0n) is 6.21. The highest BCUT2D eigenvalue weighted by atomic mass is 127. The molecule has 0 aromatic rings. The van der Waals surface area contributed by atoms with Crippen molar-refractivity contribution in [3.8, 4) is 23.7 Å². The van der Waals surface area contributed by atoms with Crippen LogP contribution in [0.15, 0.2) is 0 Å². The molecule has 0 atom stereocenters. The molecule has 0 aliphatic rings. The van der Waals surface area contributed by atoms with Crippen LogP contribution in [0.25, 0.3) is 0 Å². The van der Waals surface area contributed by atoms with Gasteiger partial charge in [0, 0.05) is 17.3 Å². The van der Waals surface area contributed by atoms with Crippen molar-refractivity contribution in [1.29, 1.82) is 0 Å². The maximum absolute atomic E-state index is 3.03. The Hall–Kier alpha value is -0.150. The summed E-state index contributed by atoms with van der Waals surface area (Å²) in [6, 6.07) is 0. The molecule has 1 heteroatoms. The smallest absolute Gasteiger partial charge is 0.0702 e. The molecule has 0 heterocycles. The molecule has 0 nitrogen and oxygen atoms in total. The lowest BCUT2D eigenvalue weighted by atomic mass is 10.3. The van der Waals surface area contributed by atoms with E-state index < -0.39 is 0 Å². The highest BCUT2D eigenvalue weighted by molar-refractivity contribution is 14.1. The number of halogens is 1. The Morgan fingerprint density at radius 2 is 1.80 bits per heavy atom. The molecule has 0 aliphatic carbocycles. The third kappa shape index (κ3) is 7.85. The van der Waals surface area contributed by atoms with Crippen LogP contribution in [0.1, 0.15) is 26.2 Å². The fourth-order valence-corrected chi connectivity index (χ4v) is 0.700. The van der Waals surface area contributed by atoms with Crippen LogP contribution in [0.4, 0.5) is 0 Å². The summed E-state index contributed by atoms with van der Waals surface area (Å²) in [4.78, 5) is 0. The molecule has 0 spiro atoms. The minimum Gasteiger partial charge on any atom is -0.103 e. The van der Waals surface area contributed by atoms with Gasteiger partial charge in [-0.2, -0.15) is 0 Å². The normalized spacial score (nSPS) is 7.00. The summed E-state index contributed by atoms with van der Waals surface area (Å²) in [6.07, 6.45) is 2.67. The van der Waals surface area contributed by atoms with Crippen molar-refractivity contribution in [2.45, 2.75) is 26.2 Å². The molecule has 0 radical (unpaired) electrons. The van der Waals surface area contributed by atoms with E-state index in [9.17, 15) is 0 Å². The molecule has 10 heavy (non-hydrogen) atoms. The second kappa shape index (κ2) is 8.85. The largest absolute Gasteiger partial charge is 0.103 e. The van der Waals surface area contributed by atoms with Gasteiger partial charge in [0.25, 0.3) is 0 Å². The minimum absolute atomic E-state index is 0.741. The Balaban J connectivity index is 3.28. The summed E-state index contributed by atoms with van der Waals surface area (Å²) >= 11 is 2.32. The fraction of sp³-hybridized carbons (Fsp3) is 0.556. The second-order valence-electron chi connectivity index (χ2n) is 1.68. The zero-order chi connectivity index (χ0) is 7.66. The van der Waals surface area contributed by atoms with Crippen molar-refractivity contribution < 1.29 is 0 Å². The van der Waals surface area contributed by atoms with Crippen LogP contribution in [0.3, 0.4) is 0 Å². The van der Waals surface area contributed by atoms with Gasteiger partial charge in [-0.1, -0.05) is 41.4 Å². The van der Waals surface area contributed by atoms with E-state index in [1.54, 1.807) is 0 Å². The van der Waals surface area contributed by atoms with Crippen LogP contribution < -0.4 is 0 Å². The number of hydrogen-bond donors (Lipinski definition) is 0. The van der Waals surface area contributed by atoms with Crippen molar-refractivity contribution in [3.63, 3.8) is 0 Å². The monoisotopic (exact) mass is 246 g/mol. The summed E-state index contributed by atoms with van der Waals surface area (Å²) in [7, 11) is 0. The number of alkyl halides is 1. The Kier molecular flexibility index (Phi) is 8.72. The van der Waals surface area contributed by atoms with Gasteiger partial charge < -0.3 is 0 Å². The molecule has 0 aliphatic heterocycles. The topological polar surface area (TPSA) is 0 Å². The predicted molar refractivity (Wildman–Crippen MR) is 54.0 cm³/mol. The zero-order valence-corrected chi connectivity index (χ0v) is 8.36. The number of hydrogen-bond acceptors (Lipinski definition) is 0. The lowest BCUT2D eigenvalue weighted by Crippen LogP contribution is -1.66. The number of rotatable bonds is 1. The highest BCUT2D eigenvalue weighted by Crippen LogP contribution is 1.84. The first-order chi connectivity index (χ1) is 4.91. The third-order valence-corrected chi connectivity index (χ3v) is 1.36. The van der Waals surface area contributed by atoms with Crippen LogP contribution in [0.2, 0.25) is 0 Å². The molecule has 0 aromatic heterocycles. The van der Waals surface area contributed by atoms with Crippen molar-refractivity contribution in [3.05, 3.63) is 0 Å². The van der Waals surface area contributed by atoms with Crippen molar-refractivity contribution in [2.75, 3.05) is 4.43 Å². The Morgan fingerprint density at radius 3 is 2.40 bits per heavy atom. The molecule has 0 N–H and O–H groups in total. The Labute approximate surface area is 76.9 Å². The van der Waals surface area contributed by atoms with E-state index in [1.165, 1.54) is 0 Å². The maximum atomic E-state index is 3.03. The summed E-state index contributed by atoms with van der Waals surface area (Å²) in [5.41, 5.74) is 0. The fourth-order valence-electron chi connectivity index (χ4n) is 0.430. The summed E-state index contributed by atoms with van der Waals surface area (Å²) < 4.78 is 1.12. The van der Waals surface area contributed by atoms with E-state index in [0.29, 0.717) is 0 Å². The maximum Gasteiger partial charge on any atom is 0.0702 e. The van der Waals surface area contributed by atoms with Gasteiger partial charge in [-0.3, -0.25) is 0 Å². The molecule has 0 saturated carbocycles. The lowest BCUT2D eigenvalue weighted by Gasteiger charge is -1.74. The van der Waals surface area contributed by atoms with Crippen molar-refractivity contribution in [1.82, 2.24) is 0 Å². The molecule has 0 amide bonds. The van der Waals surface area contributed by atoms with Gasteiger partial charge in [0.1, 0.15) is 0 Å². The molecular weight excluding hydrogens is 235 g/mol. The molecule has 0 fully saturated rings. The quantitative estimate of drug-likeness (QED) is 0.379. The highest BCUT2D eigenvalue weighted by Gasteiger charge is 1.69. The van der Waals surface area contributed by atoms with Gasteiger partial charge in [0.2, 0.25) is 0 Å². The Morgan fingerprint density at radius 1 is 1.10 bits per heavy atom. The van der Waals surface area contributed by atoms with E-state index in [0.717, 1.165) is 23.7 Å². The van der Waals surface area contributed by atoms with E-state index in [4.69, 9.17) is 0 Å². The average Bonchev–Trinajstić information content (AvgIpc) is 1.97. The first-order valence-corrected chi connectivity index (χ1v) is 4.91. The first kappa shape index (κ1) is 9.85. The summed E-state index contributed by atoms with van der Waals surface area (Å²) in [5, 5.41) is 0. The molecule has 0 rings (SSSR count). The minimum atomic E-state index is 0.741. The van der Waals surface area contributed by atoms with E-state index in [2.05, 4.69) is 46.3 Å². The first-order valence-electron chi connectivity index (χ1n) is 3.39. The van der Waals surface area contributed by atoms with Crippen molar-refractivity contribution in [2.24, 2.45) is 0 Å². The summed E-state index contributed by atoms with van der Waals surface area (Å²) in [5.74, 6) is 12.0. The molecule has 0 saturated heterocycles. The van der Waals surface area contributed by atoms with Gasteiger partial charge in [-0.15, -0.1) is 11.8 Å². The van der Waals surface area contributed by atoms with Crippen molar-refractivity contribution >= 4 is 22.6 Å². The van der Waals surface area contributed by atoms with Gasteiger partial charge >= 0.3 is 0 Å². The second-order valence-corrected chi connectivity index (χ2v) is 2.76. The standard InChI is InChI=1S/C9H11I/c1-2-3-4-5-6-7-8-9-10/h2,5,8-9H2,1H3. The lowest BCUT2D eigenvalue weighted by molar-refractivity contribution is 1.27. The van der Waals surface area contributed by atoms with Crippen LogP contribution in [0, 0.1) is 23.7 Å². The SMILES string of the molecule is CCC#CCC#CCCI. The van der Waals surface area contributed by atoms with Gasteiger partial charge in [0.05, 0.1) is 6.42 Å². The van der Waals surface area contributed by atoms with Gasteiger partial charge in [-0.25, -0.2) is 0 Å². The third-order valence-electron chi connectivity index (χ3n) is 0.823.